The Balaban J connectivity index is 1.85. The van der Waals surface area contributed by atoms with Crippen LogP contribution in [0.25, 0.3) is 0 Å². The summed E-state index contributed by atoms with van der Waals surface area (Å²) in [4.78, 5) is 5.49. The first-order chi connectivity index (χ1) is 11.9. The lowest BCUT2D eigenvalue weighted by Crippen LogP contribution is -2.31. The standard InChI is InChI=1S/C19H18N2O3S/c1-13-19(2,3)17-11-15(12-21(4)18(17)20-13)6-5-14-7-9-16(10-8-14)25-24-23-22/h7-12H,1-4H3/p+1. The van der Waals surface area contributed by atoms with Crippen LogP contribution in [-0.2, 0) is 21.8 Å². The van der Waals surface area contributed by atoms with Gasteiger partial charge in [0, 0.05) is 10.5 Å². The first kappa shape index (κ1) is 17.6. The lowest BCUT2D eigenvalue weighted by atomic mass is 9.82. The Labute approximate surface area is 151 Å². The molecular weight excluding hydrogens is 336 g/mol. The summed E-state index contributed by atoms with van der Waals surface area (Å²) in [5.74, 6) is 7.39. The highest BCUT2D eigenvalue weighted by atomic mass is 32.2. The molecule has 2 aromatic rings. The number of hydrogen-bond acceptors (Lipinski definition) is 5. The summed E-state index contributed by atoms with van der Waals surface area (Å²) in [5.41, 5.74) is 4.09. The van der Waals surface area contributed by atoms with Gasteiger partial charge in [-0.25, -0.2) is 9.82 Å². The minimum Gasteiger partial charge on any atom is -0.232 e. The van der Waals surface area contributed by atoms with E-state index in [0.29, 0.717) is 0 Å². The van der Waals surface area contributed by atoms with E-state index in [9.17, 15) is 0 Å². The van der Waals surface area contributed by atoms with Crippen LogP contribution in [0.5, 0.6) is 0 Å². The summed E-state index contributed by atoms with van der Waals surface area (Å²) in [7, 11) is 2.00. The highest BCUT2D eigenvalue weighted by molar-refractivity contribution is 7.94. The van der Waals surface area contributed by atoms with Crippen molar-refractivity contribution in [3.05, 3.63) is 53.2 Å². The molecule has 0 atom stereocenters. The molecule has 1 aliphatic rings. The molecule has 128 valence electrons. The summed E-state index contributed by atoms with van der Waals surface area (Å²) in [5, 5.41) is 11.7. The average molecular weight is 355 g/mol. The molecule has 0 radical (unpaired) electrons. The van der Waals surface area contributed by atoms with Gasteiger partial charge in [-0.1, -0.05) is 16.9 Å². The number of pyridine rings is 1. The van der Waals surface area contributed by atoms with Crippen molar-refractivity contribution in [3.8, 4) is 11.8 Å². The fourth-order valence-electron chi connectivity index (χ4n) is 2.67. The molecule has 1 aromatic heterocycles. The molecule has 0 bridgehead atoms. The lowest BCUT2D eigenvalue weighted by Gasteiger charge is -2.15. The van der Waals surface area contributed by atoms with E-state index in [1.165, 1.54) is 5.56 Å². The maximum absolute atomic E-state index is 8.16. The molecule has 0 spiro atoms. The van der Waals surface area contributed by atoms with E-state index in [1.54, 1.807) is 0 Å². The Hall–Kier alpha value is -2.17. The molecule has 0 amide bonds. The molecule has 0 saturated carbocycles. The third-order valence-corrected chi connectivity index (χ3v) is 5.02. The number of rotatable bonds is 3. The monoisotopic (exact) mass is 355 g/mol. The molecule has 6 heteroatoms. The lowest BCUT2D eigenvalue weighted by molar-refractivity contribution is -0.658. The van der Waals surface area contributed by atoms with Gasteiger partial charge in [0.05, 0.1) is 35.6 Å². The van der Waals surface area contributed by atoms with E-state index in [1.807, 2.05) is 42.1 Å². The van der Waals surface area contributed by atoms with Crippen LogP contribution >= 0.6 is 12.0 Å². The Morgan fingerprint density at radius 2 is 1.84 bits per heavy atom. The third-order valence-electron chi connectivity index (χ3n) is 4.43. The van der Waals surface area contributed by atoms with Crippen LogP contribution < -0.4 is 4.57 Å². The zero-order valence-corrected chi connectivity index (χ0v) is 15.3. The van der Waals surface area contributed by atoms with Crippen LogP contribution in [0, 0.1) is 11.8 Å². The maximum Gasteiger partial charge on any atom is 0.326 e. The Morgan fingerprint density at radius 3 is 2.52 bits per heavy atom. The van der Waals surface area contributed by atoms with Gasteiger partial charge in [-0.05, 0) is 56.1 Å². The van der Waals surface area contributed by atoms with Crippen molar-refractivity contribution in [1.29, 1.82) is 0 Å². The van der Waals surface area contributed by atoms with Crippen LogP contribution in [0.4, 0.5) is 5.82 Å². The second kappa shape index (κ2) is 6.98. The van der Waals surface area contributed by atoms with Gasteiger partial charge in [0.25, 0.3) is 0 Å². The van der Waals surface area contributed by atoms with Crippen LogP contribution in [0.3, 0.4) is 0 Å². The van der Waals surface area contributed by atoms with Gasteiger partial charge in [-0.2, -0.15) is 0 Å². The zero-order chi connectivity index (χ0) is 18.0. The second-order valence-corrected chi connectivity index (χ2v) is 7.17. The molecule has 1 aliphatic heterocycles. The first-order valence-corrected chi connectivity index (χ1v) is 8.53. The maximum atomic E-state index is 8.16. The van der Waals surface area contributed by atoms with Crippen LogP contribution in [0.2, 0.25) is 0 Å². The van der Waals surface area contributed by atoms with E-state index in [2.05, 4.69) is 53.0 Å². The largest absolute Gasteiger partial charge is 0.326 e. The van der Waals surface area contributed by atoms with Crippen LogP contribution in [-0.4, -0.2) is 11.0 Å². The second-order valence-electron chi connectivity index (χ2n) is 6.40. The van der Waals surface area contributed by atoms with Crippen molar-refractivity contribution in [1.82, 2.24) is 0 Å². The zero-order valence-electron chi connectivity index (χ0n) is 14.5. The number of fused-ring (bicyclic) bond motifs is 1. The summed E-state index contributed by atoms with van der Waals surface area (Å²) in [6.07, 6.45) is 2.00. The summed E-state index contributed by atoms with van der Waals surface area (Å²) < 4.78 is 6.43. The SMILES string of the molecule is CC1=Nc2c(cc(C#Cc3ccc(SOOO)cc3)c[n+]2C)C1(C)C. The van der Waals surface area contributed by atoms with Crippen LogP contribution in [0.15, 0.2) is 46.4 Å². The molecule has 5 nitrogen and oxygen atoms in total. The smallest absolute Gasteiger partial charge is 0.232 e. The van der Waals surface area contributed by atoms with E-state index in [4.69, 9.17) is 5.26 Å². The molecule has 3 rings (SSSR count). The summed E-state index contributed by atoms with van der Waals surface area (Å²) >= 11 is 0.922. The van der Waals surface area contributed by atoms with Gasteiger partial charge in [-0.3, -0.25) is 0 Å². The van der Waals surface area contributed by atoms with E-state index in [-0.39, 0.29) is 5.41 Å². The number of benzene rings is 1. The third kappa shape index (κ3) is 3.60. The number of hydrogen-bond donors (Lipinski definition) is 1. The molecule has 0 aliphatic carbocycles. The fraction of sp³-hybridized carbons (Fsp3) is 0.263. The highest BCUT2D eigenvalue weighted by Gasteiger charge is 2.40. The minimum atomic E-state index is -0.0710. The van der Waals surface area contributed by atoms with E-state index in [0.717, 1.165) is 39.6 Å². The van der Waals surface area contributed by atoms with Gasteiger partial charge >= 0.3 is 5.82 Å². The number of aliphatic imine (C=N–C) groups is 1. The topological polar surface area (TPSA) is 54.9 Å². The van der Waals surface area contributed by atoms with Crippen molar-refractivity contribution in [2.24, 2.45) is 12.0 Å². The molecule has 0 saturated heterocycles. The molecule has 2 heterocycles. The van der Waals surface area contributed by atoms with Gasteiger partial charge in [0.2, 0.25) is 0 Å². The van der Waals surface area contributed by atoms with Crippen molar-refractivity contribution in [2.75, 3.05) is 0 Å². The Kier molecular flexibility index (Phi) is 4.93. The highest BCUT2D eigenvalue weighted by Crippen LogP contribution is 2.37. The number of aromatic nitrogens is 1. The Morgan fingerprint density at radius 1 is 1.16 bits per heavy atom. The van der Waals surface area contributed by atoms with Crippen molar-refractivity contribution < 1.29 is 19.2 Å². The molecule has 1 aromatic carbocycles. The van der Waals surface area contributed by atoms with E-state index < -0.39 is 0 Å². The predicted molar refractivity (Wildman–Crippen MR) is 96.5 cm³/mol. The van der Waals surface area contributed by atoms with Gasteiger partial charge < -0.3 is 0 Å². The van der Waals surface area contributed by atoms with E-state index >= 15 is 0 Å². The van der Waals surface area contributed by atoms with Crippen molar-refractivity contribution in [2.45, 2.75) is 31.1 Å². The number of nitrogens with zero attached hydrogens (tertiary/aromatic N) is 2. The molecular formula is C19H19N2O3S+. The van der Waals surface area contributed by atoms with Gasteiger partial charge in [0.1, 0.15) is 11.9 Å². The quantitative estimate of drug-likeness (QED) is 0.300. The summed E-state index contributed by atoms with van der Waals surface area (Å²) in [6, 6.07) is 9.59. The van der Waals surface area contributed by atoms with Crippen LogP contribution in [0.1, 0.15) is 37.5 Å². The fourth-order valence-corrected chi connectivity index (χ4v) is 3.03. The molecule has 0 fully saturated rings. The minimum absolute atomic E-state index is 0.0710. The Bertz CT molecular complexity index is 893. The first-order valence-electron chi connectivity index (χ1n) is 7.78. The predicted octanol–water partition coefficient (Wildman–Crippen LogP) is 3.72. The summed E-state index contributed by atoms with van der Waals surface area (Å²) in [6.45, 7) is 6.43. The van der Waals surface area contributed by atoms with Gasteiger partial charge in [0.15, 0.2) is 0 Å². The molecule has 0 unspecified atom stereocenters. The average Bonchev–Trinajstić information content (AvgIpc) is 2.83. The van der Waals surface area contributed by atoms with Crippen molar-refractivity contribution >= 4 is 23.6 Å². The van der Waals surface area contributed by atoms with Crippen molar-refractivity contribution in [3.63, 3.8) is 0 Å². The molecule has 25 heavy (non-hydrogen) atoms. The molecule has 1 N–H and O–H groups in total. The normalized spacial score (nSPS) is 14.5. The number of aryl methyl sites for hydroxylation is 1. The van der Waals surface area contributed by atoms with Gasteiger partial charge in [-0.15, -0.1) is 4.33 Å².